The fourth-order valence-electron chi connectivity index (χ4n) is 4.83. The molecule has 0 saturated heterocycles. The van der Waals surface area contributed by atoms with Crippen molar-refractivity contribution in [3.8, 4) is 17.0 Å². The third-order valence-electron chi connectivity index (χ3n) is 6.25. The maximum Gasteiger partial charge on any atom is 0.273 e. The zero-order valence-electron chi connectivity index (χ0n) is 16.6. The van der Waals surface area contributed by atoms with Gasteiger partial charge in [0.15, 0.2) is 0 Å². The Morgan fingerprint density at radius 3 is 2.41 bits per heavy atom. The van der Waals surface area contributed by atoms with Crippen molar-refractivity contribution < 1.29 is 9.53 Å². The summed E-state index contributed by atoms with van der Waals surface area (Å²) in [5.74, 6) is 0.883. The van der Waals surface area contributed by atoms with E-state index in [0.717, 1.165) is 41.0 Å². The molecule has 2 heterocycles. The highest BCUT2D eigenvalue weighted by Crippen LogP contribution is 2.45. The van der Waals surface area contributed by atoms with Gasteiger partial charge in [-0.05, 0) is 42.7 Å². The molecule has 2 aliphatic rings. The van der Waals surface area contributed by atoms with E-state index in [4.69, 9.17) is 4.74 Å². The quantitative estimate of drug-likeness (QED) is 0.688. The molecule has 1 N–H and O–H groups in total. The molecular formula is C24H25N3O2. The molecule has 1 aliphatic carbocycles. The normalized spacial score (nSPS) is 19.4. The Balaban J connectivity index is 1.63. The lowest BCUT2D eigenvalue weighted by Crippen LogP contribution is -2.40. The summed E-state index contributed by atoms with van der Waals surface area (Å²) in [5.41, 5.74) is 4.61. The zero-order valence-corrected chi connectivity index (χ0v) is 16.6. The predicted octanol–water partition coefficient (Wildman–Crippen LogP) is 4.96. The van der Waals surface area contributed by atoms with Crippen LogP contribution in [0.25, 0.3) is 11.3 Å². The highest BCUT2D eigenvalue weighted by Gasteiger charge is 2.45. The number of nitrogens with one attached hydrogen (secondary N) is 1. The van der Waals surface area contributed by atoms with Gasteiger partial charge in [0, 0.05) is 17.2 Å². The molecule has 5 nitrogen and oxygen atoms in total. The van der Waals surface area contributed by atoms with Gasteiger partial charge in [0.25, 0.3) is 5.91 Å². The molecule has 3 aromatic rings. The van der Waals surface area contributed by atoms with Crippen LogP contribution in [0.1, 0.15) is 59.8 Å². The molecule has 1 aliphatic heterocycles. The molecule has 2 aromatic carbocycles. The van der Waals surface area contributed by atoms with Crippen LogP contribution in [0, 0.1) is 0 Å². The Morgan fingerprint density at radius 2 is 1.72 bits per heavy atom. The van der Waals surface area contributed by atoms with Crippen LogP contribution >= 0.6 is 0 Å². The van der Waals surface area contributed by atoms with Crippen molar-refractivity contribution in [1.29, 1.82) is 0 Å². The third-order valence-corrected chi connectivity index (χ3v) is 6.25. The van der Waals surface area contributed by atoms with Crippen LogP contribution in [0.4, 0.5) is 0 Å². The van der Waals surface area contributed by atoms with E-state index in [2.05, 4.69) is 27.2 Å². The standard InChI is InChI=1S/C24H25N3O2/c1-29-19-14-12-16(13-15-19)21-20-22(26-25-21)24(28)27(18-10-6-3-7-11-18)23(20)17-8-4-2-5-9-17/h2,4-5,8-9,12-15,18,23H,3,6-7,10-11H2,1H3,(H,25,26). The van der Waals surface area contributed by atoms with Gasteiger partial charge in [-0.15, -0.1) is 0 Å². The van der Waals surface area contributed by atoms with Crippen molar-refractivity contribution >= 4 is 5.91 Å². The first kappa shape index (κ1) is 18.0. The van der Waals surface area contributed by atoms with E-state index < -0.39 is 0 Å². The van der Waals surface area contributed by atoms with Gasteiger partial charge in [-0.1, -0.05) is 49.6 Å². The minimum absolute atomic E-state index is 0.0769. The molecular weight excluding hydrogens is 362 g/mol. The third kappa shape index (κ3) is 3.01. The van der Waals surface area contributed by atoms with E-state index in [1.807, 2.05) is 42.5 Å². The monoisotopic (exact) mass is 387 g/mol. The maximum atomic E-state index is 13.5. The lowest BCUT2D eigenvalue weighted by Gasteiger charge is -2.36. The molecule has 1 saturated carbocycles. The van der Waals surface area contributed by atoms with Crippen LogP contribution in [0.15, 0.2) is 54.6 Å². The maximum absolute atomic E-state index is 13.5. The number of nitrogens with zero attached hydrogens (tertiary/aromatic N) is 2. The summed E-state index contributed by atoms with van der Waals surface area (Å²) in [6, 6.07) is 18.4. The molecule has 1 aromatic heterocycles. The highest BCUT2D eigenvalue weighted by molar-refractivity contribution is 6.00. The Morgan fingerprint density at radius 1 is 1.00 bits per heavy atom. The first-order valence-electron chi connectivity index (χ1n) is 10.4. The summed E-state index contributed by atoms with van der Waals surface area (Å²) in [4.78, 5) is 15.6. The first-order valence-corrected chi connectivity index (χ1v) is 10.4. The molecule has 0 spiro atoms. The predicted molar refractivity (Wildman–Crippen MR) is 112 cm³/mol. The minimum atomic E-state index is -0.0994. The van der Waals surface area contributed by atoms with Crippen LogP contribution in [0.2, 0.25) is 0 Å². The van der Waals surface area contributed by atoms with E-state index in [1.165, 1.54) is 19.3 Å². The van der Waals surface area contributed by atoms with Crippen molar-refractivity contribution in [2.75, 3.05) is 7.11 Å². The van der Waals surface area contributed by atoms with E-state index in [-0.39, 0.29) is 18.0 Å². The Bertz CT molecular complexity index is 1000. The van der Waals surface area contributed by atoms with Gasteiger partial charge in [-0.2, -0.15) is 5.10 Å². The lowest BCUT2D eigenvalue weighted by molar-refractivity contribution is 0.0606. The molecule has 148 valence electrons. The van der Waals surface area contributed by atoms with E-state index >= 15 is 0 Å². The number of methoxy groups -OCH3 is 1. The molecule has 1 amide bonds. The van der Waals surface area contributed by atoms with Gasteiger partial charge in [0.05, 0.1) is 18.8 Å². The number of hydrogen-bond acceptors (Lipinski definition) is 3. The van der Waals surface area contributed by atoms with E-state index in [9.17, 15) is 4.79 Å². The van der Waals surface area contributed by atoms with Gasteiger partial charge in [-0.25, -0.2) is 0 Å². The molecule has 0 radical (unpaired) electrons. The van der Waals surface area contributed by atoms with Crippen molar-refractivity contribution in [2.45, 2.75) is 44.2 Å². The molecule has 0 bridgehead atoms. The fourth-order valence-corrected chi connectivity index (χ4v) is 4.83. The zero-order chi connectivity index (χ0) is 19.8. The van der Waals surface area contributed by atoms with Gasteiger partial charge >= 0.3 is 0 Å². The first-order chi connectivity index (χ1) is 14.3. The molecule has 1 atom stereocenters. The second kappa shape index (κ2) is 7.39. The topological polar surface area (TPSA) is 58.2 Å². The molecule has 29 heavy (non-hydrogen) atoms. The SMILES string of the molecule is COc1ccc(-c2n[nH]c3c2C(c2ccccc2)N(C2CCCCC2)C3=O)cc1. The number of rotatable bonds is 4. The van der Waals surface area contributed by atoms with Crippen LogP contribution in [0.5, 0.6) is 5.75 Å². The second-order valence-electron chi connectivity index (χ2n) is 7.91. The molecule has 5 rings (SSSR count). The van der Waals surface area contributed by atoms with Gasteiger partial charge < -0.3 is 9.64 Å². The number of H-pyrrole nitrogens is 1. The Labute approximate surface area is 170 Å². The summed E-state index contributed by atoms with van der Waals surface area (Å²) in [6.07, 6.45) is 5.79. The molecule has 1 fully saturated rings. The number of hydrogen-bond donors (Lipinski definition) is 1. The number of ether oxygens (including phenoxy) is 1. The van der Waals surface area contributed by atoms with Crippen molar-refractivity contribution in [2.24, 2.45) is 0 Å². The van der Waals surface area contributed by atoms with Crippen LogP contribution in [-0.4, -0.2) is 34.2 Å². The minimum Gasteiger partial charge on any atom is -0.497 e. The number of aromatic nitrogens is 2. The fraction of sp³-hybridized carbons (Fsp3) is 0.333. The number of carbonyl (C=O) groups is 1. The van der Waals surface area contributed by atoms with Crippen LogP contribution < -0.4 is 4.74 Å². The Hall–Kier alpha value is -3.08. The van der Waals surface area contributed by atoms with E-state index in [0.29, 0.717) is 5.69 Å². The molecule has 5 heteroatoms. The second-order valence-corrected chi connectivity index (χ2v) is 7.91. The molecule has 1 unspecified atom stereocenters. The lowest BCUT2D eigenvalue weighted by atomic mass is 9.91. The number of aromatic amines is 1. The number of amides is 1. The summed E-state index contributed by atoms with van der Waals surface area (Å²) in [7, 11) is 1.66. The summed E-state index contributed by atoms with van der Waals surface area (Å²) < 4.78 is 5.29. The average molecular weight is 387 g/mol. The number of fused-ring (bicyclic) bond motifs is 1. The summed E-state index contributed by atoms with van der Waals surface area (Å²) >= 11 is 0. The smallest absolute Gasteiger partial charge is 0.273 e. The van der Waals surface area contributed by atoms with Crippen molar-refractivity contribution in [3.05, 3.63) is 71.4 Å². The van der Waals surface area contributed by atoms with Crippen LogP contribution in [0.3, 0.4) is 0 Å². The van der Waals surface area contributed by atoms with Gasteiger partial charge in [0.2, 0.25) is 0 Å². The van der Waals surface area contributed by atoms with Gasteiger partial charge in [-0.3, -0.25) is 9.89 Å². The van der Waals surface area contributed by atoms with Crippen molar-refractivity contribution in [3.63, 3.8) is 0 Å². The van der Waals surface area contributed by atoms with E-state index in [1.54, 1.807) is 7.11 Å². The highest BCUT2D eigenvalue weighted by atomic mass is 16.5. The van der Waals surface area contributed by atoms with Gasteiger partial charge in [0.1, 0.15) is 11.4 Å². The van der Waals surface area contributed by atoms with Crippen LogP contribution in [-0.2, 0) is 0 Å². The summed E-state index contributed by atoms with van der Waals surface area (Å²) in [6.45, 7) is 0. The van der Waals surface area contributed by atoms with Crippen molar-refractivity contribution in [1.82, 2.24) is 15.1 Å². The average Bonchev–Trinajstić information content (AvgIpc) is 3.34. The summed E-state index contributed by atoms with van der Waals surface area (Å²) in [5, 5.41) is 7.62. The largest absolute Gasteiger partial charge is 0.497 e. The number of carbonyl (C=O) groups excluding carboxylic acids is 1. The number of benzene rings is 2. The Kier molecular flexibility index (Phi) is 4.58.